The lowest BCUT2D eigenvalue weighted by Gasteiger charge is -2.23. The molecule has 0 aliphatic heterocycles. The van der Waals surface area contributed by atoms with Crippen molar-refractivity contribution < 1.29 is 14.4 Å². The van der Waals surface area contributed by atoms with Gasteiger partial charge in [0.25, 0.3) is 11.5 Å². The number of fused-ring (bicyclic) bond motifs is 1. The maximum atomic E-state index is 13.5. The van der Waals surface area contributed by atoms with Crippen molar-refractivity contribution in [3.63, 3.8) is 0 Å². The highest BCUT2D eigenvalue weighted by Gasteiger charge is 2.24. The number of hydrogen-bond donors (Lipinski definition) is 2. The maximum Gasteiger partial charge on any atom is 0.272 e. The molecule has 0 unspecified atom stereocenters. The summed E-state index contributed by atoms with van der Waals surface area (Å²) in [5.74, 6) is -0.295. The Morgan fingerprint density at radius 1 is 0.971 bits per heavy atom. The normalized spacial score (nSPS) is 11.0. The summed E-state index contributed by atoms with van der Waals surface area (Å²) >= 11 is 0. The Morgan fingerprint density at radius 2 is 1.62 bits per heavy atom. The number of carbonyl (C=O) groups excluding carboxylic acids is 1. The summed E-state index contributed by atoms with van der Waals surface area (Å²) in [5, 5.41) is 21.3. The SMILES string of the molecule is Cc1nocc1C(=O)N(c1ccc(CO)cc1)c1ccc(-c2n[nH]c(=O)c3ccccc23)cc1. The van der Waals surface area contributed by atoms with Crippen molar-refractivity contribution in [2.24, 2.45) is 0 Å². The summed E-state index contributed by atoms with van der Waals surface area (Å²) in [6.07, 6.45) is 1.33. The van der Waals surface area contributed by atoms with Crippen molar-refractivity contribution in [2.75, 3.05) is 4.90 Å². The van der Waals surface area contributed by atoms with Crippen LogP contribution in [0.2, 0.25) is 0 Å². The Balaban J connectivity index is 1.59. The van der Waals surface area contributed by atoms with Gasteiger partial charge in [-0.2, -0.15) is 5.10 Å². The molecule has 0 aliphatic carbocycles. The first-order chi connectivity index (χ1) is 16.6. The van der Waals surface area contributed by atoms with E-state index in [9.17, 15) is 14.7 Å². The number of nitrogens with zero attached hydrogens (tertiary/aromatic N) is 3. The van der Waals surface area contributed by atoms with Gasteiger partial charge in [-0.25, -0.2) is 5.10 Å². The van der Waals surface area contributed by atoms with Gasteiger partial charge in [0.2, 0.25) is 0 Å². The fourth-order valence-electron chi connectivity index (χ4n) is 3.86. The lowest BCUT2D eigenvalue weighted by atomic mass is 10.0. The third kappa shape index (κ3) is 3.76. The molecule has 2 aromatic heterocycles. The average Bonchev–Trinajstić information content (AvgIpc) is 3.31. The summed E-state index contributed by atoms with van der Waals surface area (Å²) in [6.45, 7) is 1.62. The Bertz CT molecular complexity index is 1540. The molecule has 2 N–H and O–H groups in total. The van der Waals surface area contributed by atoms with E-state index >= 15 is 0 Å². The molecule has 0 atom stereocenters. The molecule has 5 aromatic rings. The van der Waals surface area contributed by atoms with Gasteiger partial charge in [-0.05, 0) is 42.8 Å². The van der Waals surface area contributed by atoms with E-state index in [1.807, 2.05) is 42.5 Å². The van der Waals surface area contributed by atoms with Gasteiger partial charge in [-0.1, -0.05) is 47.6 Å². The maximum absolute atomic E-state index is 13.5. The van der Waals surface area contributed by atoms with Crippen molar-refractivity contribution >= 4 is 28.1 Å². The number of H-pyrrole nitrogens is 1. The Hall–Kier alpha value is -4.56. The molecule has 0 saturated heterocycles. The second-order valence-electron chi connectivity index (χ2n) is 7.77. The lowest BCUT2D eigenvalue weighted by Crippen LogP contribution is -2.26. The van der Waals surface area contributed by atoms with Crippen molar-refractivity contribution in [1.82, 2.24) is 15.4 Å². The number of nitrogens with one attached hydrogen (secondary N) is 1. The zero-order valence-electron chi connectivity index (χ0n) is 18.2. The molecule has 0 bridgehead atoms. The number of aliphatic hydroxyl groups excluding tert-OH is 1. The zero-order valence-corrected chi connectivity index (χ0v) is 18.2. The number of hydrogen-bond acceptors (Lipinski definition) is 6. The average molecular weight is 452 g/mol. The van der Waals surface area contributed by atoms with Crippen molar-refractivity contribution in [2.45, 2.75) is 13.5 Å². The van der Waals surface area contributed by atoms with Crippen LogP contribution in [-0.2, 0) is 6.61 Å². The molecule has 3 aromatic carbocycles. The van der Waals surface area contributed by atoms with Gasteiger partial charge in [0.15, 0.2) is 0 Å². The fourth-order valence-corrected chi connectivity index (χ4v) is 3.86. The molecule has 5 rings (SSSR count). The van der Waals surface area contributed by atoms with Gasteiger partial charge < -0.3 is 9.63 Å². The molecular weight excluding hydrogens is 432 g/mol. The molecule has 0 aliphatic rings. The lowest BCUT2D eigenvalue weighted by molar-refractivity contribution is 0.0998. The van der Waals surface area contributed by atoms with E-state index < -0.39 is 0 Å². The highest BCUT2D eigenvalue weighted by molar-refractivity contribution is 6.11. The van der Waals surface area contributed by atoms with Gasteiger partial charge in [0.1, 0.15) is 11.8 Å². The second-order valence-corrected chi connectivity index (χ2v) is 7.77. The van der Waals surface area contributed by atoms with Crippen LogP contribution >= 0.6 is 0 Å². The second kappa shape index (κ2) is 8.76. The van der Waals surface area contributed by atoms with E-state index in [-0.39, 0.29) is 18.1 Å². The van der Waals surface area contributed by atoms with Gasteiger partial charge in [0, 0.05) is 22.3 Å². The third-order valence-corrected chi connectivity index (χ3v) is 5.66. The highest BCUT2D eigenvalue weighted by Crippen LogP contribution is 2.31. The standard InChI is InChI=1S/C26H20N4O4/c1-16-23(15-34-29-16)26(33)30(19-10-6-17(14-31)7-11-19)20-12-8-18(9-13-20)24-21-4-2-3-5-22(21)25(32)28-27-24/h2-13,15,31H,14H2,1H3,(H,28,32). The van der Waals surface area contributed by atoms with E-state index in [4.69, 9.17) is 4.52 Å². The number of anilines is 2. The molecule has 0 radical (unpaired) electrons. The largest absolute Gasteiger partial charge is 0.392 e. The zero-order chi connectivity index (χ0) is 23.7. The summed E-state index contributed by atoms with van der Waals surface area (Å²) < 4.78 is 4.98. The molecule has 168 valence electrons. The number of aryl methyl sites for hydroxylation is 1. The molecule has 8 nitrogen and oxygen atoms in total. The van der Waals surface area contributed by atoms with Crippen LogP contribution in [0.1, 0.15) is 21.6 Å². The molecule has 8 heteroatoms. The first-order valence-electron chi connectivity index (χ1n) is 10.6. The molecule has 0 fully saturated rings. The summed E-state index contributed by atoms with van der Waals surface area (Å²) in [7, 11) is 0. The van der Waals surface area contributed by atoms with Crippen LogP contribution in [0.4, 0.5) is 11.4 Å². The van der Waals surface area contributed by atoms with Crippen LogP contribution < -0.4 is 10.5 Å². The van der Waals surface area contributed by atoms with Gasteiger partial charge in [-0.15, -0.1) is 0 Å². The minimum absolute atomic E-state index is 0.0895. The number of benzene rings is 3. The van der Waals surface area contributed by atoms with E-state index in [0.717, 1.165) is 16.5 Å². The summed E-state index contributed by atoms with van der Waals surface area (Å²) in [6, 6.07) is 21.7. The molecule has 0 saturated carbocycles. The summed E-state index contributed by atoms with van der Waals surface area (Å²) in [4.78, 5) is 27.2. The topological polar surface area (TPSA) is 112 Å². The van der Waals surface area contributed by atoms with Gasteiger partial charge >= 0.3 is 0 Å². The van der Waals surface area contributed by atoms with E-state index in [1.54, 1.807) is 42.2 Å². The molecule has 0 spiro atoms. The van der Waals surface area contributed by atoms with Crippen LogP contribution in [0.5, 0.6) is 0 Å². The van der Waals surface area contributed by atoms with E-state index in [0.29, 0.717) is 33.7 Å². The van der Waals surface area contributed by atoms with Gasteiger partial charge in [0.05, 0.1) is 23.4 Å². The first-order valence-corrected chi connectivity index (χ1v) is 10.6. The number of carbonyl (C=O) groups is 1. The van der Waals surface area contributed by atoms with Crippen LogP contribution in [-0.4, -0.2) is 26.4 Å². The number of amides is 1. The van der Waals surface area contributed by atoms with Crippen LogP contribution in [0, 0.1) is 6.92 Å². The Kier molecular flexibility index (Phi) is 5.49. The van der Waals surface area contributed by atoms with Crippen LogP contribution in [0.3, 0.4) is 0 Å². The smallest absolute Gasteiger partial charge is 0.272 e. The molecule has 34 heavy (non-hydrogen) atoms. The first kappa shape index (κ1) is 21.3. The Labute approximate surface area is 194 Å². The number of aromatic amines is 1. The Morgan fingerprint density at radius 3 is 2.24 bits per heavy atom. The number of rotatable bonds is 5. The minimum atomic E-state index is -0.295. The van der Waals surface area contributed by atoms with Crippen LogP contribution in [0.25, 0.3) is 22.0 Å². The monoisotopic (exact) mass is 452 g/mol. The fraction of sp³-hybridized carbons (Fsp3) is 0.0769. The van der Waals surface area contributed by atoms with Crippen molar-refractivity contribution in [1.29, 1.82) is 0 Å². The molecule has 2 heterocycles. The summed E-state index contributed by atoms with van der Waals surface area (Å²) in [5.41, 5.74) is 4.02. The quantitative estimate of drug-likeness (QED) is 0.410. The predicted octanol–water partition coefficient (Wildman–Crippen LogP) is 4.36. The van der Waals surface area contributed by atoms with Crippen molar-refractivity contribution in [3.05, 3.63) is 106 Å². The molecular formula is C26H20N4O4. The predicted molar refractivity (Wildman–Crippen MR) is 128 cm³/mol. The van der Waals surface area contributed by atoms with Crippen LogP contribution in [0.15, 0.2) is 88.4 Å². The number of aliphatic hydroxyl groups is 1. The highest BCUT2D eigenvalue weighted by atomic mass is 16.5. The molecule has 1 amide bonds. The van der Waals surface area contributed by atoms with E-state index in [1.165, 1.54) is 6.26 Å². The third-order valence-electron chi connectivity index (χ3n) is 5.66. The minimum Gasteiger partial charge on any atom is -0.392 e. The van der Waals surface area contributed by atoms with Gasteiger partial charge in [-0.3, -0.25) is 14.5 Å². The van der Waals surface area contributed by atoms with Crippen molar-refractivity contribution in [3.8, 4) is 11.3 Å². The van der Waals surface area contributed by atoms with E-state index in [2.05, 4.69) is 15.4 Å². The number of aromatic nitrogens is 3.